The van der Waals surface area contributed by atoms with Gasteiger partial charge in [0.1, 0.15) is 18.3 Å². The molecular weight excluding hydrogens is 538 g/mol. The van der Waals surface area contributed by atoms with Crippen molar-refractivity contribution in [3.8, 4) is 5.75 Å². The quantitative estimate of drug-likeness (QED) is 0.295. The van der Waals surface area contributed by atoms with Crippen molar-refractivity contribution in [1.82, 2.24) is 10.2 Å². The highest BCUT2D eigenvalue weighted by Gasteiger charge is 2.32. The highest BCUT2D eigenvalue weighted by Crippen LogP contribution is 2.27. The average Bonchev–Trinajstić information content (AvgIpc) is 2.95. The zero-order valence-corrected chi connectivity index (χ0v) is 23.9. The van der Waals surface area contributed by atoms with Crippen molar-refractivity contribution in [3.63, 3.8) is 0 Å². The summed E-state index contributed by atoms with van der Waals surface area (Å²) in [5.74, 6) is -0.339. The van der Waals surface area contributed by atoms with Crippen molar-refractivity contribution >= 4 is 39.1 Å². The lowest BCUT2D eigenvalue weighted by Crippen LogP contribution is -2.51. The van der Waals surface area contributed by atoms with Crippen LogP contribution in [0.2, 0.25) is 5.02 Å². The van der Waals surface area contributed by atoms with E-state index in [0.717, 1.165) is 17.1 Å². The number of hydrogen-bond acceptors (Lipinski definition) is 5. The second-order valence-electron chi connectivity index (χ2n) is 8.96. The van der Waals surface area contributed by atoms with Gasteiger partial charge in [0.2, 0.25) is 11.8 Å². The normalized spacial score (nSPS) is 11.9. The SMILES string of the molecule is CCCCNC(=O)[C@H](C)N(Cc1ccccc1Cl)C(=O)CN(c1ccc(OC)cc1)S(=O)(=O)c1ccccc1. The van der Waals surface area contributed by atoms with Crippen LogP contribution in [-0.4, -0.2) is 51.4 Å². The lowest BCUT2D eigenvalue weighted by Gasteiger charge is -2.32. The molecule has 0 saturated heterocycles. The van der Waals surface area contributed by atoms with E-state index >= 15 is 0 Å². The van der Waals surface area contributed by atoms with Gasteiger partial charge in [-0.1, -0.05) is 61.3 Å². The van der Waals surface area contributed by atoms with Crippen LogP contribution in [0, 0.1) is 0 Å². The number of halogens is 1. The third-order valence-electron chi connectivity index (χ3n) is 6.27. The second kappa shape index (κ2) is 14.0. The van der Waals surface area contributed by atoms with E-state index in [1.807, 2.05) is 6.92 Å². The van der Waals surface area contributed by atoms with E-state index < -0.39 is 28.5 Å². The third-order valence-corrected chi connectivity index (χ3v) is 8.42. The Balaban J connectivity index is 2.00. The summed E-state index contributed by atoms with van der Waals surface area (Å²) in [5.41, 5.74) is 0.924. The first kappa shape index (κ1) is 30.0. The molecule has 0 radical (unpaired) electrons. The van der Waals surface area contributed by atoms with E-state index in [9.17, 15) is 18.0 Å². The molecule has 0 aliphatic heterocycles. The number of benzene rings is 3. The van der Waals surface area contributed by atoms with E-state index in [4.69, 9.17) is 16.3 Å². The number of carbonyl (C=O) groups is 2. The number of unbranched alkanes of at least 4 members (excludes halogenated alkanes) is 1. The van der Waals surface area contributed by atoms with Crippen LogP contribution in [-0.2, 0) is 26.2 Å². The van der Waals surface area contributed by atoms with Gasteiger partial charge in [-0.3, -0.25) is 13.9 Å². The summed E-state index contributed by atoms with van der Waals surface area (Å²) >= 11 is 6.39. The zero-order chi connectivity index (χ0) is 28.4. The minimum atomic E-state index is -4.13. The Labute approximate surface area is 235 Å². The van der Waals surface area contributed by atoms with Gasteiger partial charge in [0.15, 0.2) is 0 Å². The number of rotatable bonds is 13. The number of anilines is 1. The molecule has 1 atom stereocenters. The number of methoxy groups -OCH3 is 1. The molecule has 3 aromatic carbocycles. The molecule has 3 rings (SSSR count). The minimum absolute atomic E-state index is 0.0305. The maximum Gasteiger partial charge on any atom is 0.264 e. The molecule has 0 aromatic heterocycles. The Morgan fingerprint density at radius 2 is 1.62 bits per heavy atom. The van der Waals surface area contributed by atoms with Crippen molar-refractivity contribution in [3.05, 3.63) is 89.4 Å². The van der Waals surface area contributed by atoms with Crippen molar-refractivity contribution in [2.75, 3.05) is 24.5 Å². The molecule has 8 nitrogen and oxygen atoms in total. The predicted octanol–water partition coefficient (Wildman–Crippen LogP) is 4.88. The van der Waals surface area contributed by atoms with E-state index in [2.05, 4.69) is 5.32 Å². The van der Waals surface area contributed by atoms with Crippen LogP contribution in [0.4, 0.5) is 5.69 Å². The van der Waals surface area contributed by atoms with E-state index in [-0.39, 0.29) is 23.0 Å². The Kier molecular flexibility index (Phi) is 10.8. The van der Waals surface area contributed by atoms with Gasteiger partial charge >= 0.3 is 0 Å². The number of nitrogens with one attached hydrogen (secondary N) is 1. The topological polar surface area (TPSA) is 96.0 Å². The summed E-state index contributed by atoms with van der Waals surface area (Å²) in [5, 5.41) is 3.30. The summed E-state index contributed by atoms with van der Waals surface area (Å²) in [6.45, 7) is 3.63. The fraction of sp³-hybridized carbons (Fsp3) is 0.310. The number of carbonyl (C=O) groups excluding carboxylic acids is 2. The van der Waals surface area contributed by atoms with Crippen LogP contribution in [0.15, 0.2) is 83.8 Å². The van der Waals surface area contributed by atoms with Crippen LogP contribution in [0.5, 0.6) is 5.75 Å². The van der Waals surface area contributed by atoms with Crippen molar-refractivity contribution < 1.29 is 22.7 Å². The van der Waals surface area contributed by atoms with Gasteiger partial charge in [-0.15, -0.1) is 0 Å². The number of ether oxygens (including phenoxy) is 1. The Morgan fingerprint density at radius 1 is 0.974 bits per heavy atom. The van der Waals surface area contributed by atoms with Gasteiger partial charge in [-0.2, -0.15) is 0 Å². The Morgan fingerprint density at radius 3 is 2.23 bits per heavy atom. The first-order chi connectivity index (χ1) is 18.7. The van der Waals surface area contributed by atoms with Crippen molar-refractivity contribution in [2.45, 2.75) is 44.2 Å². The Hall–Kier alpha value is -3.56. The zero-order valence-electron chi connectivity index (χ0n) is 22.3. The maximum atomic E-state index is 13.9. The van der Waals surface area contributed by atoms with Gasteiger partial charge in [0.25, 0.3) is 10.0 Å². The highest BCUT2D eigenvalue weighted by atomic mass is 35.5. The molecule has 0 aliphatic carbocycles. The van der Waals surface area contributed by atoms with E-state index in [1.165, 1.54) is 24.1 Å². The molecule has 2 amide bonds. The number of amides is 2. The van der Waals surface area contributed by atoms with E-state index in [1.54, 1.807) is 73.7 Å². The van der Waals surface area contributed by atoms with Crippen LogP contribution in [0.25, 0.3) is 0 Å². The number of sulfonamides is 1. The largest absolute Gasteiger partial charge is 0.497 e. The molecule has 10 heteroatoms. The maximum absolute atomic E-state index is 13.9. The molecule has 0 spiro atoms. The molecule has 0 aliphatic rings. The van der Waals surface area contributed by atoms with Gasteiger partial charge in [-0.05, 0) is 61.4 Å². The first-order valence-electron chi connectivity index (χ1n) is 12.7. The lowest BCUT2D eigenvalue weighted by molar-refractivity contribution is -0.139. The minimum Gasteiger partial charge on any atom is -0.497 e. The summed E-state index contributed by atoms with van der Waals surface area (Å²) in [7, 11) is -2.62. The standard InChI is InChI=1S/C29H34ClN3O5S/c1-4-5-19-31-29(35)22(2)32(20-23-11-9-10-14-27(23)30)28(34)21-33(24-15-17-25(38-3)18-16-24)39(36,37)26-12-7-6-8-13-26/h6-18,22H,4-5,19-21H2,1-3H3,(H,31,35)/t22-/m0/s1. The Bertz CT molecular complexity index is 1350. The summed E-state index contributed by atoms with van der Waals surface area (Å²) in [6, 6.07) is 20.5. The summed E-state index contributed by atoms with van der Waals surface area (Å²) in [4.78, 5) is 28.3. The number of hydrogen-bond donors (Lipinski definition) is 1. The van der Waals surface area contributed by atoms with Crippen molar-refractivity contribution in [1.29, 1.82) is 0 Å². The average molecular weight is 572 g/mol. The van der Waals surface area contributed by atoms with Crippen LogP contribution >= 0.6 is 11.6 Å². The molecule has 0 heterocycles. The molecular formula is C29H34ClN3O5S. The fourth-order valence-electron chi connectivity index (χ4n) is 3.93. The number of nitrogens with zero attached hydrogens (tertiary/aromatic N) is 2. The molecule has 3 aromatic rings. The molecule has 0 unspecified atom stereocenters. The molecule has 0 bridgehead atoms. The van der Waals surface area contributed by atoms with Gasteiger partial charge < -0.3 is 15.0 Å². The molecule has 0 saturated carbocycles. The monoisotopic (exact) mass is 571 g/mol. The van der Waals surface area contributed by atoms with Gasteiger partial charge in [0.05, 0.1) is 17.7 Å². The van der Waals surface area contributed by atoms with E-state index in [0.29, 0.717) is 22.9 Å². The van der Waals surface area contributed by atoms with Crippen LogP contribution in [0.3, 0.4) is 0 Å². The summed E-state index contributed by atoms with van der Waals surface area (Å²) in [6.07, 6.45) is 1.71. The summed E-state index contributed by atoms with van der Waals surface area (Å²) < 4.78 is 33.8. The highest BCUT2D eigenvalue weighted by molar-refractivity contribution is 7.92. The first-order valence-corrected chi connectivity index (χ1v) is 14.5. The van der Waals surface area contributed by atoms with Crippen LogP contribution in [0.1, 0.15) is 32.3 Å². The van der Waals surface area contributed by atoms with Gasteiger partial charge in [-0.25, -0.2) is 8.42 Å². The molecule has 208 valence electrons. The predicted molar refractivity (Wildman–Crippen MR) is 153 cm³/mol. The molecule has 0 fully saturated rings. The lowest BCUT2D eigenvalue weighted by atomic mass is 10.1. The van der Waals surface area contributed by atoms with Gasteiger partial charge in [0, 0.05) is 18.1 Å². The fourth-order valence-corrected chi connectivity index (χ4v) is 5.56. The van der Waals surface area contributed by atoms with Crippen LogP contribution < -0.4 is 14.4 Å². The van der Waals surface area contributed by atoms with Crippen molar-refractivity contribution in [2.24, 2.45) is 0 Å². The smallest absolute Gasteiger partial charge is 0.264 e. The molecule has 39 heavy (non-hydrogen) atoms. The second-order valence-corrected chi connectivity index (χ2v) is 11.2. The third kappa shape index (κ3) is 7.74. The molecule has 1 N–H and O–H groups in total.